The van der Waals surface area contributed by atoms with E-state index in [9.17, 15) is 9.59 Å². The molecule has 2 saturated carbocycles. The maximum atomic E-state index is 13.9. The van der Waals surface area contributed by atoms with Gasteiger partial charge in [-0.2, -0.15) is 0 Å². The molecule has 4 atom stereocenters. The fourth-order valence-electron chi connectivity index (χ4n) is 6.34. The molecule has 1 heterocycles. The number of likely N-dealkylation sites (N-methyl/N-ethyl adjacent to an activating group) is 1. The maximum absolute atomic E-state index is 13.9. The summed E-state index contributed by atoms with van der Waals surface area (Å²) in [4.78, 5) is 29.1. The van der Waals surface area contributed by atoms with Crippen LogP contribution in [0.5, 0.6) is 0 Å². The molecule has 5 nitrogen and oxygen atoms in total. The van der Waals surface area contributed by atoms with Gasteiger partial charge in [-0.05, 0) is 69.4 Å². The number of carbonyl (C=O) groups is 2. The molecule has 0 aromatic heterocycles. The molecule has 1 amide bonds. The van der Waals surface area contributed by atoms with Crippen LogP contribution in [0, 0.1) is 17.3 Å². The molecule has 0 radical (unpaired) electrons. The highest BCUT2D eigenvalue weighted by atomic mass is 16.4. The lowest BCUT2D eigenvalue weighted by Crippen LogP contribution is -2.49. The monoisotopic (exact) mass is 398 g/mol. The third kappa shape index (κ3) is 4.20. The SMILES string of the molecule is CN(CC(=O)O)C1CCCN(C(=O)C2(Cc3ccccc3)CC3CCC2C3)CC1. The van der Waals surface area contributed by atoms with Crippen molar-refractivity contribution in [2.75, 3.05) is 26.7 Å². The molecule has 1 N–H and O–H groups in total. The number of carboxylic acid groups (broad SMARTS) is 1. The Hall–Kier alpha value is -1.88. The van der Waals surface area contributed by atoms with Crippen molar-refractivity contribution < 1.29 is 14.7 Å². The van der Waals surface area contributed by atoms with Crippen molar-refractivity contribution in [3.05, 3.63) is 35.9 Å². The second kappa shape index (κ2) is 8.47. The average molecular weight is 399 g/mol. The van der Waals surface area contributed by atoms with Crippen molar-refractivity contribution >= 4 is 11.9 Å². The first-order chi connectivity index (χ1) is 14.0. The second-order valence-electron chi connectivity index (χ2n) is 9.58. The highest BCUT2D eigenvalue weighted by Gasteiger charge is 2.56. The van der Waals surface area contributed by atoms with E-state index in [0.29, 0.717) is 17.7 Å². The first kappa shape index (κ1) is 20.4. The van der Waals surface area contributed by atoms with Gasteiger partial charge in [-0.15, -0.1) is 0 Å². The lowest BCUT2D eigenvalue weighted by atomic mass is 9.68. The van der Waals surface area contributed by atoms with Gasteiger partial charge in [0.1, 0.15) is 0 Å². The minimum absolute atomic E-state index is 0.0698. The molecule has 1 aliphatic heterocycles. The third-order valence-corrected chi connectivity index (χ3v) is 7.76. The Morgan fingerprint density at radius 2 is 1.93 bits per heavy atom. The molecule has 5 heteroatoms. The van der Waals surface area contributed by atoms with E-state index in [1.807, 2.05) is 18.0 Å². The molecule has 1 aromatic carbocycles. The number of nitrogens with zero attached hydrogens (tertiary/aromatic N) is 2. The van der Waals surface area contributed by atoms with Crippen LogP contribution in [-0.4, -0.2) is 59.5 Å². The topological polar surface area (TPSA) is 60.9 Å². The lowest BCUT2D eigenvalue weighted by molar-refractivity contribution is -0.145. The first-order valence-corrected chi connectivity index (χ1v) is 11.2. The predicted octanol–water partition coefficient (Wildman–Crippen LogP) is 3.43. The van der Waals surface area contributed by atoms with E-state index in [-0.39, 0.29) is 18.0 Å². The third-order valence-electron chi connectivity index (χ3n) is 7.76. The van der Waals surface area contributed by atoms with Crippen LogP contribution in [0.3, 0.4) is 0 Å². The number of rotatable bonds is 6. The summed E-state index contributed by atoms with van der Waals surface area (Å²) < 4.78 is 0. The summed E-state index contributed by atoms with van der Waals surface area (Å²) in [7, 11) is 1.89. The van der Waals surface area contributed by atoms with Gasteiger partial charge in [0.05, 0.1) is 12.0 Å². The van der Waals surface area contributed by atoms with Crippen LogP contribution in [-0.2, 0) is 16.0 Å². The maximum Gasteiger partial charge on any atom is 0.317 e. The molecule has 0 spiro atoms. The highest BCUT2D eigenvalue weighted by molar-refractivity contribution is 5.84. The number of carbonyl (C=O) groups excluding carboxylic acids is 1. The van der Waals surface area contributed by atoms with Crippen molar-refractivity contribution in [2.24, 2.45) is 17.3 Å². The van der Waals surface area contributed by atoms with Crippen molar-refractivity contribution in [1.29, 1.82) is 0 Å². The van der Waals surface area contributed by atoms with Crippen molar-refractivity contribution in [2.45, 2.75) is 57.4 Å². The zero-order valence-corrected chi connectivity index (χ0v) is 17.6. The first-order valence-electron chi connectivity index (χ1n) is 11.2. The Labute approximate surface area is 174 Å². The van der Waals surface area contributed by atoms with E-state index in [1.54, 1.807) is 0 Å². The number of fused-ring (bicyclic) bond motifs is 2. The smallest absolute Gasteiger partial charge is 0.317 e. The molecule has 3 fully saturated rings. The van der Waals surface area contributed by atoms with Crippen LogP contribution < -0.4 is 0 Å². The average Bonchev–Trinajstić information content (AvgIpc) is 3.21. The number of likely N-dealkylation sites (tertiary alicyclic amines) is 1. The molecule has 158 valence electrons. The van der Waals surface area contributed by atoms with Crippen LogP contribution in [0.4, 0.5) is 0 Å². The summed E-state index contributed by atoms with van der Waals surface area (Å²) in [5, 5.41) is 9.10. The number of aliphatic carboxylic acids is 1. The quantitative estimate of drug-likeness (QED) is 0.797. The molecule has 3 aliphatic rings. The molecular formula is C24H34N2O3. The minimum atomic E-state index is -0.784. The molecule has 29 heavy (non-hydrogen) atoms. The van der Waals surface area contributed by atoms with Gasteiger partial charge in [0.2, 0.25) is 5.91 Å². The van der Waals surface area contributed by atoms with Crippen LogP contribution in [0.2, 0.25) is 0 Å². The van der Waals surface area contributed by atoms with Crippen LogP contribution in [0.1, 0.15) is 50.5 Å². The summed E-state index contributed by atoms with van der Waals surface area (Å²) in [6.07, 6.45) is 8.40. The van der Waals surface area contributed by atoms with Crippen LogP contribution in [0.25, 0.3) is 0 Å². The Morgan fingerprint density at radius 1 is 1.14 bits per heavy atom. The molecule has 1 aromatic rings. The number of benzene rings is 1. The number of hydrogen-bond acceptors (Lipinski definition) is 3. The Kier molecular flexibility index (Phi) is 5.95. The zero-order valence-electron chi connectivity index (χ0n) is 17.6. The lowest BCUT2D eigenvalue weighted by Gasteiger charge is -2.40. The van der Waals surface area contributed by atoms with E-state index in [1.165, 1.54) is 24.8 Å². The minimum Gasteiger partial charge on any atom is -0.480 e. The number of hydrogen-bond donors (Lipinski definition) is 1. The summed E-state index contributed by atoms with van der Waals surface area (Å²) in [6.45, 7) is 1.63. The Balaban J connectivity index is 1.49. The number of carboxylic acids is 1. The van der Waals surface area contributed by atoms with Gasteiger partial charge in [-0.25, -0.2) is 0 Å². The van der Waals surface area contributed by atoms with Gasteiger partial charge in [-0.1, -0.05) is 36.8 Å². The van der Waals surface area contributed by atoms with Crippen LogP contribution in [0.15, 0.2) is 30.3 Å². The van der Waals surface area contributed by atoms with Gasteiger partial charge in [0.15, 0.2) is 0 Å². The summed E-state index contributed by atoms with van der Waals surface area (Å²) in [5.74, 6) is 0.826. The van der Waals surface area contributed by atoms with Gasteiger partial charge >= 0.3 is 5.97 Å². The van der Waals surface area contributed by atoms with E-state index in [2.05, 4.69) is 29.2 Å². The van der Waals surface area contributed by atoms with Gasteiger partial charge in [0, 0.05) is 19.1 Å². The molecule has 2 bridgehead atoms. The normalized spacial score (nSPS) is 31.8. The molecule has 2 aliphatic carbocycles. The fraction of sp³-hybridized carbons (Fsp3) is 0.667. The van der Waals surface area contributed by atoms with E-state index >= 15 is 0 Å². The van der Waals surface area contributed by atoms with Gasteiger partial charge in [-0.3, -0.25) is 14.5 Å². The molecule has 4 rings (SSSR count). The highest BCUT2D eigenvalue weighted by Crippen LogP contribution is 2.58. The summed E-state index contributed by atoms with van der Waals surface area (Å²) in [5.41, 5.74) is 1.05. The van der Waals surface area contributed by atoms with Gasteiger partial charge < -0.3 is 10.0 Å². The summed E-state index contributed by atoms with van der Waals surface area (Å²) in [6, 6.07) is 10.8. The fourth-order valence-corrected chi connectivity index (χ4v) is 6.34. The molecular weight excluding hydrogens is 364 g/mol. The van der Waals surface area contributed by atoms with Gasteiger partial charge in [0.25, 0.3) is 0 Å². The van der Waals surface area contributed by atoms with E-state index in [4.69, 9.17) is 5.11 Å². The second-order valence-corrected chi connectivity index (χ2v) is 9.58. The van der Waals surface area contributed by atoms with Crippen molar-refractivity contribution in [1.82, 2.24) is 9.80 Å². The van der Waals surface area contributed by atoms with Crippen LogP contribution >= 0.6 is 0 Å². The van der Waals surface area contributed by atoms with Crippen molar-refractivity contribution in [3.63, 3.8) is 0 Å². The summed E-state index contributed by atoms with van der Waals surface area (Å²) >= 11 is 0. The largest absolute Gasteiger partial charge is 0.480 e. The van der Waals surface area contributed by atoms with Crippen molar-refractivity contribution in [3.8, 4) is 0 Å². The predicted molar refractivity (Wildman–Crippen MR) is 113 cm³/mol. The van der Waals surface area contributed by atoms with E-state index < -0.39 is 5.97 Å². The Morgan fingerprint density at radius 3 is 2.59 bits per heavy atom. The molecule has 1 saturated heterocycles. The zero-order chi connectivity index (χ0) is 20.4. The molecule has 4 unspecified atom stereocenters. The van der Waals surface area contributed by atoms with E-state index in [0.717, 1.165) is 45.2 Å². The standard InChI is InChI=1S/C24H34N2O3/c1-25(17-22(27)28)21-8-5-12-26(13-11-21)23(29)24(15-18-6-3-2-4-7-18)16-19-9-10-20(24)14-19/h2-4,6-7,19-21H,5,8-17H2,1H3,(H,27,28). The Bertz CT molecular complexity index is 737. The number of amides is 1.